The van der Waals surface area contributed by atoms with Gasteiger partial charge in [-0.25, -0.2) is 0 Å². The van der Waals surface area contributed by atoms with Gasteiger partial charge in [-0.05, 0) is 32.1 Å². The first kappa shape index (κ1) is 56.8. The van der Waals surface area contributed by atoms with Gasteiger partial charge in [0.25, 0.3) is 0 Å². The quantitative estimate of drug-likeness (QED) is 0.0218. The van der Waals surface area contributed by atoms with Gasteiger partial charge in [-0.3, -0.25) is 4.79 Å². The van der Waals surface area contributed by atoms with Gasteiger partial charge in [-0.15, -0.1) is 0 Å². The van der Waals surface area contributed by atoms with Gasteiger partial charge in [0.1, 0.15) is 30.5 Å². The van der Waals surface area contributed by atoms with Gasteiger partial charge in [0.2, 0.25) is 5.91 Å². The molecular formula is C48H93NO11. The summed E-state index contributed by atoms with van der Waals surface area (Å²) in [7, 11) is 0. The zero-order chi connectivity index (χ0) is 44.2. The molecule has 0 radical (unpaired) electrons. The van der Waals surface area contributed by atoms with Crippen LogP contribution in [-0.4, -0.2) is 121 Å². The van der Waals surface area contributed by atoms with Crippen LogP contribution in [0.2, 0.25) is 0 Å². The average Bonchev–Trinajstić information content (AvgIpc) is 3.24. The molecule has 0 aromatic rings. The van der Waals surface area contributed by atoms with Crippen molar-refractivity contribution in [2.75, 3.05) is 13.2 Å². The van der Waals surface area contributed by atoms with Crippen LogP contribution >= 0.6 is 0 Å². The first-order chi connectivity index (χ1) is 29.1. The van der Waals surface area contributed by atoms with E-state index in [1.807, 2.05) is 6.08 Å². The third kappa shape index (κ3) is 27.8. The van der Waals surface area contributed by atoms with Crippen molar-refractivity contribution >= 4 is 5.91 Å². The molecule has 10 unspecified atom stereocenters. The van der Waals surface area contributed by atoms with Gasteiger partial charge in [0, 0.05) is 6.42 Å². The molecule has 356 valence electrons. The maximum atomic E-state index is 13.1. The van der Waals surface area contributed by atoms with Crippen molar-refractivity contribution < 1.29 is 55.1 Å². The number of unbranched alkanes of at least 4 members (excludes halogenated alkanes) is 25. The number of aliphatic hydroxyl groups excluding tert-OH is 8. The molecule has 1 saturated heterocycles. The van der Waals surface area contributed by atoms with Crippen LogP contribution < -0.4 is 5.32 Å². The van der Waals surface area contributed by atoms with Crippen molar-refractivity contribution in [1.82, 2.24) is 5.32 Å². The lowest BCUT2D eigenvalue weighted by molar-refractivity contribution is -0.302. The molecule has 9 N–H and O–H groups in total. The molecule has 1 fully saturated rings. The zero-order valence-electron chi connectivity index (χ0n) is 38.1. The highest BCUT2D eigenvalue weighted by Gasteiger charge is 2.44. The Morgan fingerprint density at radius 2 is 1.02 bits per heavy atom. The molecule has 0 aromatic heterocycles. The minimum Gasteiger partial charge on any atom is -0.394 e. The predicted octanol–water partition coefficient (Wildman–Crippen LogP) is 7.42. The van der Waals surface area contributed by atoms with Gasteiger partial charge in [0.05, 0.1) is 37.6 Å². The molecule has 12 heteroatoms. The van der Waals surface area contributed by atoms with Gasteiger partial charge < -0.3 is 55.6 Å². The summed E-state index contributed by atoms with van der Waals surface area (Å²) in [6.45, 7) is 3.36. The lowest BCUT2D eigenvalue weighted by atomic mass is 9.98. The second-order valence-corrected chi connectivity index (χ2v) is 17.7. The number of amides is 1. The van der Waals surface area contributed by atoms with Crippen molar-refractivity contribution in [1.29, 1.82) is 0 Å². The lowest BCUT2D eigenvalue weighted by Crippen LogP contribution is -2.60. The smallest absolute Gasteiger partial charge is 0.249 e. The van der Waals surface area contributed by atoms with Gasteiger partial charge >= 0.3 is 0 Å². The van der Waals surface area contributed by atoms with Crippen molar-refractivity contribution in [3.05, 3.63) is 12.2 Å². The summed E-state index contributed by atoms with van der Waals surface area (Å²) < 4.78 is 11.0. The maximum Gasteiger partial charge on any atom is 0.249 e. The van der Waals surface area contributed by atoms with E-state index in [0.717, 1.165) is 32.1 Å². The minimum atomic E-state index is -1.69. The largest absolute Gasteiger partial charge is 0.394 e. The number of carbonyl (C=O) groups excluding carboxylic acids is 1. The summed E-state index contributed by atoms with van der Waals surface area (Å²) in [5.74, 6) is -0.737. The highest BCUT2D eigenvalue weighted by atomic mass is 16.7. The standard InChI is InChI=1S/C48H93NO11/c1-3-5-7-9-11-13-15-17-18-19-20-21-22-24-25-27-29-31-33-39(51)42(54)35-41(53)38(37-59-48-46(57)45(56)44(55)43(36-50)60-48)49-47(58)40(52)34-32-30-28-26-23-16-14-12-10-8-6-4-2/h27,29,38-46,48,50-57H,3-26,28,30-37H2,1-2H3,(H,49,58). The fraction of sp³-hybridized carbons (Fsp3) is 0.938. The highest BCUT2D eigenvalue weighted by molar-refractivity contribution is 5.80. The van der Waals surface area contributed by atoms with E-state index >= 15 is 0 Å². The van der Waals surface area contributed by atoms with Crippen molar-refractivity contribution in [3.8, 4) is 0 Å². The molecule has 1 amide bonds. The molecule has 0 aliphatic carbocycles. The van der Waals surface area contributed by atoms with Crippen LogP contribution in [0.5, 0.6) is 0 Å². The van der Waals surface area contributed by atoms with Crippen LogP contribution in [0, 0.1) is 0 Å². The first-order valence-corrected chi connectivity index (χ1v) is 24.7. The maximum absolute atomic E-state index is 13.1. The average molecular weight is 860 g/mol. The van der Waals surface area contributed by atoms with E-state index in [1.54, 1.807) is 0 Å². The Morgan fingerprint density at radius 1 is 0.567 bits per heavy atom. The summed E-state index contributed by atoms with van der Waals surface area (Å²) in [6, 6.07) is -1.20. The van der Waals surface area contributed by atoms with Crippen molar-refractivity contribution in [2.45, 2.75) is 274 Å². The number of allylic oxidation sites excluding steroid dienone is 2. The third-order valence-electron chi connectivity index (χ3n) is 12.2. The predicted molar refractivity (Wildman–Crippen MR) is 239 cm³/mol. The summed E-state index contributed by atoms with van der Waals surface area (Å²) in [4.78, 5) is 13.1. The van der Waals surface area contributed by atoms with Gasteiger partial charge in [-0.1, -0.05) is 187 Å². The van der Waals surface area contributed by atoms with Crippen LogP contribution in [0.25, 0.3) is 0 Å². The van der Waals surface area contributed by atoms with Gasteiger partial charge in [0.15, 0.2) is 6.29 Å². The molecule has 1 aliphatic rings. The Hall–Kier alpha value is -1.19. The minimum absolute atomic E-state index is 0.230. The molecule has 0 saturated carbocycles. The van der Waals surface area contributed by atoms with Crippen LogP contribution in [-0.2, 0) is 14.3 Å². The van der Waals surface area contributed by atoms with E-state index in [-0.39, 0.29) is 19.3 Å². The van der Waals surface area contributed by atoms with E-state index in [1.165, 1.54) is 135 Å². The van der Waals surface area contributed by atoms with Gasteiger partial charge in [-0.2, -0.15) is 0 Å². The van der Waals surface area contributed by atoms with Crippen molar-refractivity contribution in [3.63, 3.8) is 0 Å². The van der Waals surface area contributed by atoms with Crippen LogP contribution in [0.4, 0.5) is 0 Å². The number of rotatable bonds is 41. The lowest BCUT2D eigenvalue weighted by Gasteiger charge is -2.40. The van der Waals surface area contributed by atoms with Crippen molar-refractivity contribution in [2.24, 2.45) is 0 Å². The monoisotopic (exact) mass is 860 g/mol. The first-order valence-electron chi connectivity index (χ1n) is 24.7. The Bertz CT molecular complexity index is 1000. The number of ether oxygens (including phenoxy) is 2. The van der Waals surface area contributed by atoms with Crippen LogP contribution in [0.15, 0.2) is 12.2 Å². The second kappa shape index (κ2) is 38.3. The Balaban J connectivity index is 2.48. The van der Waals surface area contributed by atoms with Crippen LogP contribution in [0.3, 0.4) is 0 Å². The second-order valence-electron chi connectivity index (χ2n) is 17.7. The fourth-order valence-corrected chi connectivity index (χ4v) is 7.96. The van der Waals surface area contributed by atoms with E-state index < -0.39 is 80.3 Å². The van der Waals surface area contributed by atoms with E-state index in [4.69, 9.17) is 9.47 Å². The summed E-state index contributed by atoms with van der Waals surface area (Å²) in [5.41, 5.74) is 0. The number of aliphatic hydroxyl groups is 8. The zero-order valence-corrected chi connectivity index (χ0v) is 38.1. The number of carbonyl (C=O) groups is 1. The summed E-state index contributed by atoms with van der Waals surface area (Å²) in [5, 5.41) is 86.2. The summed E-state index contributed by atoms with van der Waals surface area (Å²) >= 11 is 0. The van der Waals surface area contributed by atoms with E-state index in [9.17, 15) is 45.6 Å². The Labute approximate surface area is 364 Å². The molecule has 1 heterocycles. The number of nitrogens with one attached hydrogen (secondary N) is 1. The molecular weight excluding hydrogens is 767 g/mol. The highest BCUT2D eigenvalue weighted by Crippen LogP contribution is 2.23. The van der Waals surface area contributed by atoms with Crippen LogP contribution in [0.1, 0.15) is 213 Å². The molecule has 0 aromatic carbocycles. The fourth-order valence-electron chi connectivity index (χ4n) is 7.96. The molecule has 10 atom stereocenters. The molecule has 12 nitrogen and oxygen atoms in total. The third-order valence-corrected chi connectivity index (χ3v) is 12.2. The normalized spacial score (nSPS) is 22.2. The topological polar surface area (TPSA) is 209 Å². The summed E-state index contributed by atoms with van der Waals surface area (Å²) in [6.07, 6.45) is 25.2. The molecule has 1 aliphatic heterocycles. The molecule has 0 bridgehead atoms. The van der Waals surface area contributed by atoms with E-state index in [0.29, 0.717) is 12.8 Å². The van der Waals surface area contributed by atoms with E-state index in [2.05, 4.69) is 25.2 Å². The number of hydrogen-bond acceptors (Lipinski definition) is 11. The Kier molecular flexibility index (Phi) is 36.3. The Morgan fingerprint density at radius 3 is 1.50 bits per heavy atom. The SMILES string of the molecule is CCCCCCCCCCCCCCCCC=CCCC(O)C(O)CC(O)C(COC1OC(CO)C(O)C(O)C1O)NC(=O)C(O)CCCCCCCCCCCCCC. The number of hydrogen-bond donors (Lipinski definition) is 9. The molecule has 60 heavy (non-hydrogen) atoms. The molecule has 0 spiro atoms. The molecule has 1 rings (SSSR count).